The number of nitrogens with zero attached hydrogens (tertiary/aromatic N) is 4. The summed E-state index contributed by atoms with van der Waals surface area (Å²) >= 11 is 1.45. The summed E-state index contributed by atoms with van der Waals surface area (Å²) in [7, 11) is 0. The lowest BCUT2D eigenvalue weighted by Gasteiger charge is -2.33. The molecular formula is C25H27N5O2S. The highest BCUT2D eigenvalue weighted by Gasteiger charge is 2.35. The second-order valence-electron chi connectivity index (χ2n) is 8.99. The van der Waals surface area contributed by atoms with Crippen molar-refractivity contribution in [1.29, 1.82) is 0 Å². The van der Waals surface area contributed by atoms with Crippen molar-refractivity contribution in [2.45, 2.75) is 45.8 Å². The third-order valence-electron chi connectivity index (χ3n) is 5.10. The van der Waals surface area contributed by atoms with Crippen molar-refractivity contribution in [3.8, 4) is 0 Å². The SMILES string of the molecule is Cc1ccc(N(C(=O)Cn2nnc3ccccc32)C(C(=O)NC(C)(C)C)c2cccs2)cc1. The molecule has 0 fully saturated rings. The Morgan fingerprint density at radius 3 is 2.45 bits per heavy atom. The number of carbonyl (C=O) groups is 2. The highest BCUT2D eigenvalue weighted by molar-refractivity contribution is 7.10. The first-order valence-electron chi connectivity index (χ1n) is 10.8. The van der Waals surface area contributed by atoms with Gasteiger partial charge in [-0.05, 0) is 63.4 Å². The summed E-state index contributed by atoms with van der Waals surface area (Å²) in [5.74, 6) is -0.487. The van der Waals surface area contributed by atoms with E-state index in [1.165, 1.54) is 11.3 Å². The smallest absolute Gasteiger partial charge is 0.249 e. The molecule has 170 valence electrons. The van der Waals surface area contributed by atoms with E-state index in [4.69, 9.17) is 0 Å². The minimum absolute atomic E-state index is 0.0426. The highest BCUT2D eigenvalue weighted by atomic mass is 32.1. The van der Waals surface area contributed by atoms with E-state index in [1.807, 2.05) is 93.7 Å². The van der Waals surface area contributed by atoms with Crippen LogP contribution in [0.15, 0.2) is 66.0 Å². The van der Waals surface area contributed by atoms with Gasteiger partial charge in [0, 0.05) is 16.1 Å². The van der Waals surface area contributed by atoms with Crippen molar-refractivity contribution >= 4 is 39.9 Å². The molecule has 0 radical (unpaired) electrons. The minimum Gasteiger partial charge on any atom is -0.349 e. The van der Waals surface area contributed by atoms with Crippen LogP contribution in [-0.4, -0.2) is 32.3 Å². The summed E-state index contributed by atoms with van der Waals surface area (Å²) in [5.41, 5.74) is 2.75. The molecule has 0 aliphatic rings. The molecule has 1 N–H and O–H groups in total. The van der Waals surface area contributed by atoms with E-state index < -0.39 is 11.6 Å². The van der Waals surface area contributed by atoms with Crippen LogP contribution in [-0.2, 0) is 16.1 Å². The summed E-state index contributed by atoms with van der Waals surface area (Å²) in [6.07, 6.45) is 0. The molecule has 2 aromatic carbocycles. The molecule has 4 aromatic rings. The number of aromatic nitrogens is 3. The number of carbonyl (C=O) groups excluding carboxylic acids is 2. The molecular weight excluding hydrogens is 434 g/mol. The van der Waals surface area contributed by atoms with Gasteiger partial charge in [0.2, 0.25) is 11.8 Å². The maximum absolute atomic E-state index is 13.8. The molecule has 4 rings (SSSR count). The van der Waals surface area contributed by atoms with E-state index in [0.717, 1.165) is 16.0 Å². The average molecular weight is 462 g/mol. The molecule has 0 aliphatic heterocycles. The highest BCUT2D eigenvalue weighted by Crippen LogP contribution is 2.32. The Bertz CT molecular complexity index is 1260. The number of rotatable bonds is 6. The first kappa shape index (κ1) is 22.7. The molecule has 1 unspecified atom stereocenters. The largest absolute Gasteiger partial charge is 0.349 e. The Morgan fingerprint density at radius 1 is 1.06 bits per heavy atom. The van der Waals surface area contributed by atoms with Crippen molar-refractivity contribution in [1.82, 2.24) is 20.3 Å². The third-order valence-corrected chi connectivity index (χ3v) is 6.03. The maximum atomic E-state index is 13.8. The summed E-state index contributed by atoms with van der Waals surface area (Å²) in [6, 6.07) is 18.1. The van der Waals surface area contributed by atoms with Crippen molar-refractivity contribution in [2.75, 3.05) is 4.90 Å². The Kier molecular flexibility index (Phi) is 6.29. The summed E-state index contributed by atoms with van der Waals surface area (Å²) in [5, 5.41) is 13.3. The molecule has 0 aliphatic carbocycles. The summed E-state index contributed by atoms with van der Waals surface area (Å²) in [6.45, 7) is 7.72. The number of fused-ring (bicyclic) bond motifs is 1. The molecule has 2 amide bonds. The zero-order valence-corrected chi connectivity index (χ0v) is 20.0. The molecule has 0 saturated carbocycles. The number of nitrogens with one attached hydrogen (secondary N) is 1. The number of anilines is 1. The van der Waals surface area contributed by atoms with Gasteiger partial charge in [0.25, 0.3) is 0 Å². The zero-order chi connectivity index (χ0) is 23.6. The topological polar surface area (TPSA) is 80.1 Å². The van der Waals surface area contributed by atoms with Gasteiger partial charge in [-0.3, -0.25) is 14.5 Å². The fraction of sp³-hybridized carbons (Fsp3) is 0.280. The lowest BCUT2D eigenvalue weighted by atomic mass is 10.1. The number of amides is 2. The van der Waals surface area contributed by atoms with E-state index in [-0.39, 0.29) is 18.4 Å². The average Bonchev–Trinajstić information content (AvgIpc) is 3.42. The van der Waals surface area contributed by atoms with Gasteiger partial charge in [0.05, 0.1) is 5.52 Å². The van der Waals surface area contributed by atoms with Crippen LogP contribution in [0.3, 0.4) is 0 Å². The first-order chi connectivity index (χ1) is 15.7. The van der Waals surface area contributed by atoms with Crippen LogP contribution in [0.5, 0.6) is 0 Å². The molecule has 0 saturated heterocycles. The normalized spacial score (nSPS) is 12.5. The van der Waals surface area contributed by atoms with Gasteiger partial charge >= 0.3 is 0 Å². The molecule has 0 spiro atoms. The van der Waals surface area contributed by atoms with Gasteiger partial charge < -0.3 is 5.32 Å². The molecule has 33 heavy (non-hydrogen) atoms. The fourth-order valence-electron chi connectivity index (χ4n) is 3.64. The Hall–Kier alpha value is -3.52. The minimum atomic E-state index is -0.811. The van der Waals surface area contributed by atoms with Crippen molar-refractivity contribution in [3.63, 3.8) is 0 Å². The number of aryl methyl sites for hydroxylation is 1. The van der Waals surface area contributed by atoms with Gasteiger partial charge in [-0.15, -0.1) is 16.4 Å². The molecule has 2 aromatic heterocycles. The molecule has 8 heteroatoms. The second kappa shape index (κ2) is 9.15. The van der Waals surface area contributed by atoms with Crippen molar-refractivity contribution in [2.24, 2.45) is 0 Å². The zero-order valence-electron chi connectivity index (χ0n) is 19.1. The number of para-hydroxylation sites is 1. The van der Waals surface area contributed by atoms with Crippen LogP contribution in [0.25, 0.3) is 11.0 Å². The number of hydrogen-bond donors (Lipinski definition) is 1. The van der Waals surface area contributed by atoms with E-state index >= 15 is 0 Å². The van der Waals surface area contributed by atoms with Crippen LogP contribution in [0.4, 0.5) is 5.69 Å². The van der Waals surface area contributed by atoms with Gasteiger partial charge in [-0.25, -0.2) is 4.68 Å². The summed E-state index contributed by atoms with van der Waals surface area (Å²) in [4.78, 5) is 29.7. The quantitative estimate of drug-likeness (QED) is 0.459. The Balaban J connectivity index is 1.77. The summed E-state index contributed by atoms with van der Waals surface area (Å²) < 4.78 is 1.58. The maximum Gasteiger partial charge on any atom is 0.249 e. The van der Waals surface area contributed by atoms with Crippen molar-refractivity contribution < 1.29 is 9.59 Å². The van der Waals surface area contributed by atoms with E-state index in [2.05, 4.69) is 15.6 Å². The standard InChI is InChI=1S/C25H27N5O2S/c1-17-11-13-18(14-12-17)30(22(31)16-29-20-9-6-5-8-19(20)27-28-29)23(21-10-7-15-33-21)24(32)26-25(2,3)4/h5-15,23H,16H2,1-4H3,(H,26,32). The van der Waals surface area contributed by atoms with Gasteiger partial charge in [-0.2, -0.15) is 0 Å². The molecule has 0 bridgehead atoms. The Morgan fingerprint density at radius 2 is 1.79 bits per heavy atom. The van der Waals surface area contributed by atoms with Gasteiger partial charge in [0.15, 0.2) is 0 Å². The number of thiophene rings is 1. The van der Waals surface area contributed by atoms with Crippen LogP contribution in [0.2, 0.25) is 0 Å². The van der Waals surface area contributed by atoms with Crippen LogP contribution < -0.4 is 10.2 Å². The lowest BCUT2D eigenvalue weighted by Crippen LogP contribution is -2.50. The van der Waals surface area contributed by atoms with Gasteiger partial charge in [-0.1, -0.05) is 41.1 Å². The van der Waals surface area contributed by atoms with E-state index in [1.54, 1.807) is 9.58 Å². The fourth-order valence-corrected chi connectivity index (χ4v) is 4.45. The number of benzene rings is 2. The van der Waals surface area contributed by atoms with Gasteiger partial charge in [0.1, 0.15) is 18.1 Å². The predicted octanol–water partition coefficient (Wildman–Crippen LogP) is 4.49. The first-order valence-corrected chi connectivity index (χ1v) is 11.6. The van der Waals surface area contributed by atoms with E-state index in [0.29, 0.717) is 11.2 Å². The van der Waals surface area contributed by atoms with E-state index in [9.17, 15) is 9.59 Å². The molecule has 1 atom stereocenters. The predicted molar refractivity (Wildman–Crippen MR) is 131 cm³/mol. The van der Waals surface area contributed by atoms with Crippen LogP contribution >= 0.6 is 11.3 Å². The Labute approximate surface area is 197 Å². The van der Waals surface area contributed by atoms with Crippen molar-refractivity contribution in [3.05, 3.63) is 76.5 Å². The molecule has 2 heterocycles. The van der Waals surface area contributed by atoms with Crippen LogP contribution in [0.1, 0.15) is 37.3 Å². The lowest BCUT2D eigenvalue weighted by molar-refractivity contribution is -0.127. The van der Waals surface area contributed by atoms with Crippen LogP contribution in [0, 0.1) is 6.92 Å². The monoisotopic (exact) mass is 461 g/mol. The number of hydrogen-bond acceptors (Lipinski definition) is 5. The second-order valence-corrected chi connectivity index (χ2v) is 9.97. The molecule has 7 nitrogen and oxygen atoms in total. The third kappa shape index (κ3) is 5.12.